The van der Waals surface area contributed by atoms with Gasteiger partial charge in [-0.25, -0.2) is 4.79 Å². The van der Waals surface area contributed by atoms with Crippen molar-refractivity contribution in [3.8, 4) is 0 Å². The SMILES string of the molecule is C=C(C(=O)OCC(=O)COCC)C(F)(F)F. The van der Waals surface area contributed by atoms with E-state index in [9.17, 15) is 22.8 Å². The first kappa shape index (κ1) is 14.6. The summed E-state index contributed by atoms with van der Waals surface area (Å²) in [7, 11) is 0. The molecule has 0 bridgehead atoms. The molecule has 0 amide bonds. The molecule has 0 spiro atoms. The molecule has 0 saturated carbocycles. The lowest BCUT2D eigenvalue weighted by Crippen LogP contribution is -2.24. The van der Waals surface area contributed by atoms with Gasteiger partial charge in [-0.05, 0) is 6.92 Å². The van der Waals surface area contributed by atoms with Crippen LogP contribution in [0.2, 0.25) is 0 Å². The fraction of sp³-hybridized carbons (Fsp3) is 0.556. The van der Waals surface area contributed by atoms with Crippen molar-refractivity contribution in [3.63, 3.8) is 0 Å². The van der Waals surface area contributed by atoms with Crippen molar-refractivity contribution in [3.05, 3.63) is 12.2 Å². The number of carbonyl (C=O) groups is 2. The Morgan fingerprint density at radius 1 is 1.25 bits per heavy atom. The van der Waals surface area contributed by atoms with E-state index in [1.54, 1.807) is 6.92 Å². The average molecular weight is 240 g/mol. The Kier molecular flexibility index (Phi) is 5.73. The molecule has 0 aromatic heterocycles. The van der Waals surface area contributed by atoms with Crippen LogP contribution >= 0.6 is 0 Å². The molecular weight excluding hydrogens is 229 g/mol. The van der Waals surface area contributed by atoms with Crippen molar-refractivity contribution in [2.75, 3.05) is 19.8 Å². The van der Waals surface area contributed by atoms with Gasteiger partial charge in [0.1, 0.15) is 12.2 Å². The highest BCUT2D eigenvalue weighted by Gasteiger charge is 2.38. The molecule has 0 fully saturated rings. The second-order valence-electron chi connectivity index (χ2n) is 2.73. The number of Topliss-reactive ketones (excluding diaryl/α,β-unsaturated/α-hetero) is 1. The summed E-state index contributed by atoms with van der Waals surface area (Å²) in [4.78, 5) is 21.6. The third-order valence-corrected chi connectivity index (χ3v) is 1.42. The lowest BCUT2D eigenvalue weighted by molar-refractivity contribution is -0.154. The maximum absolute atomic E-state index is 11.9. The van der Waals surface area contributed by atoms with Crippen LogP contribution in [0.15, 0.2) is 12.2 Å². The van der Waals surface area contributed by atoms with Crippen LogP contribution in [0.25, 0.3) is 0 Å². The third kappa shape index (κ3) is 5.50. The van der Waals surface area contributed by atoms with Crippen molar-refractivity contribution < 1.29 is 32.2 Å². The first-order chi connectivity index (χ1) is 7.29. The molecule has 16 heavy (non-hydrogen) atoms. The summed E-state index contributed by atoms with van der Waals surface area (Å²) in [5, 5.41) is 0. The number of esters is 1. The second kappa shape index (κ2) is 6.26. The number of ketones is 1. The van der Waals surface area contributed by atoms with Gasteiger partial charge < -0.3 is 9.47 Å². The largest absolute Gasteiger partial charge is 0.454 e. The molecule has 0 aromatic rings. The fourth-order valence-electron chi connectivity index (χ4n) is 0.606. The summed E-state index contributed by atoms with van der Waals surface area (Å²) in [5.74, 6) is -2.28. The van der Waals surface area contributed by atoms with Gasteiger partial charge >= 0.3 is 12.1 Å². The Hall–Kier alpha value is -1.37. The molecule has 0 N–H and O–H groups in total. The van der Waals surface area contributed by atoms with E-state index in [1.165, 1.54) is 0 Å². The highest BCUT2D eigenvalue weighted by atomic mass is 19.4. The standard InChI is InChI=1S/C9H11F3O4/c1-3-15-4-7(13)5-16-8(14)6(2)9(10,11)12/h2-5H2,1H3. The predicted molar refractivity (Wildman–Crippen MR) is 47.7 cm³/mol. The lowest BCUT2D eigenvalue weighted by Gasteiger charge is -2.09. The van der Waals surface area contributed by atoms with E-state index >= 15 is 0 Å². The van der Waals surface area contributed by atoms with Gasteiger partial charge in [-0.1, -0.05) is 6.58 Å². The number of alkyl halides is 3. The van der Waals surface area contributed by atoms with E-state index in [2.05, 4.69) is 16.1 Å². The summed E-state index contributed by atoms with van der Waals surface area (Å²) in [5.41, 5.74) is -1.64. The van der Waals surface area contributed by atoms with Gasteiger partial charge in [0.2, 0.25) is 0 Å². The maximum Gasteiger partial charge on any atom is 0.422 e. The Morgan fingerprint density at radius 3 is 2.25 bits per heavy atom. The summed E-state index contributed by atoms with van der Waals surface area (Å²) in [6, 6.07) is 0. The van der Waals surface area contributed by atoms with Crippen molar-refractivity contribution in [2.24, 2.45) is 0 Å². The van der Waals surface area contributed by atoms with E-state index < -0.39 is 30.1 Å². The smallest absolute Gasteiger partial charge is 0.422 e. The number of halogens is 3. The van der Waals surface area contributed by atoms with E-state index in [4.69, 9.17) is 0 Å². The van der Waals surface area contributed by atoms with Crippen LogP contribution < -0.4 is 0 Å². The maximum atomic E-state index is 11.9. The molecule has 0 aliphatic carbocycles. The van der Waals surface area contributed by atoms with Crippen molar-refractivity contribution in [2.45, 2.75) is 13.1 Å². The number of carbonyl (C=O) groups excluding carboxylic acids is 2. The molecule has 7 heteroatoms. The Morgan fingerprint density at radius 2 is 1.81 bits per heavy atom. The van der Waals surface area contributed by atoms with Crippen molar-refractivity contribution in [1.29, 1.82) is 0 Å². The van der Waals surface area contributed by atoms with Crippen LogP contribution in [0.4, 0.5) is 13.2 Å². The van der Waals surface area contributed by atoms with Crippen LogP contribution in [0, 0.1) is 0 Å². The number of rotatable bonds is 6. The molecule has 92 valence electrons. The third-order valence-electron chi connectivity index (χ3n) is 1.42. The molecule has 0 radical (unpaired) electrons. The van der Waals surface area contributed by atoms with Crippen LogP contribution in [0.3, 0.4) is 0 Å². The predicted octanol–water partition coefficient (Wildman–Crippen LogP) is 1.25. The Labute approximate surface area is 90.0 Å². The normalized spacial score (nSPS) is 11.0. The van der Waals surface area contributed by atoms with Gasteiger partial charge in [-0.3, -0.25) is 4.79 Å². The average Bonchev–Trinajstić information content (AvgIpc) is 2.20. The van der Waals surface area contributed by atoms with Crippen LogP contribution in [-0.2, 0) is 19.1 Å². The highest BCUT2D eigenvalue weighted by molar-refractivity contribution is 5.91. The summed E-state index contributed by atoms with van der Waals surface area (Å²) in [6.45, 7) is 3.39. The zero-order valence-electron chi connectivity index (χ0n) is 8.60. The van der Waals surface area contributed by atoms with Crippen LogP contribution in [0.1, 0.15) is 6.92 Å². The molecule has 0 saturated heterocycles. The lowest BCUT2D eigenvalue weighted by atomic mass is 10.3. The Balaban J connectivity index is 3.99. The number of hydrogen-bond acceptors (Lipinski definition) is 4. The molecule has 0 atom stereocenters. The van der Waals surface area contributed by atoms with Crippen LogP contribution in [0.5, 0.6) is 0 Å². The van der Waals surface area contributed by atoms with Crippen LogP contribution in [-0.4, -0.2) is 37.7 Å². The topological polar surface area (TPSA) is 52.6 Å². The number of hydrogen-bond donors (Lipinski definition) is 0. The van der Waals surface area contributed by atoms with Gasteiger partial charge in [0.15, 0.2) is 12.4 Å². The molecular formula is C9H11F3O4. The minimum absolute atomic E-state index is 0.287. The van der Waals surface area contributed by atoms with E-state index in [-0.39, 0.29) is 13.2 Å². The zero-order valence-corrected chi connectivity index (χ0v) is 8.60. The van der Waals surface area contributed by atoms with Crippen molar-refractivity contribution >= 4 is 11.8 Å². The summed E-state index contributed by atoms with van der Waals surface area (Å²) in [6.07, 6.45) is -4.85. The van der Waals surface area contributed by atoms with E-state index in [0.29, 0.717) is 0 Å². The van der Waals surface area contributed by atoms with Gasteiger partial charge in [0.05, 0.1) is 0 Å². The van der Waals surface area contributed by atoms with E-state index in [0.717, 1.165) is 0 Å². The minimum Gasteiger partial charge on any atom is -0.454 e. The number of ether oxygens (including phenoxy) is 2. The molecule has 0 rings (SSSR count). The van der Waals surface area contributed by atoms with Gasteiger partial charge in [0.25, 0.3) is 0 Å². The second-order valence-corrected chi connectivity index (χ2v) is 2.73. The minimum atomic E-state index is -4.85. The van der Waals surface area contributed by atoms with Gasteiger partial charge in [0, 0.05) is 6.61 Å². The first-order valence-corrected chi connectivity index (χ1v) is 4.31. The van der Waals surface area contributed by atoms with Crippen molar-refractivity contribution in [1.82, 2.24) is 0 Å². The first-order valence-electron chi connectivity index (χ1n) is 4.31. The molecule has 0 unspecified atom stereocenters. The monoisotopic (exact) mass is 240 g/mol. The van der Waals surface area contributed by atoms with E-state index in [1.807, 2.05) is 0 Å². The fourth-order valence-corrected chi connectivity index (χ4v) is 0.606. The molecule has 0 aromatic carbocycles. The molecule has 0 aliphatic rings. The molecule has 4 nitrogen and oxygen atoms in total. The Bertz CT molecular complexity index is 283. The molecule has 0 aliphatic heterocycles. The zero-order chi connectivity index (χ0) is 12.8. The molecule has 0 heterocycles. The summed E-state index contributed by atoms with van der Waals surface area (Å²) < 4.78 is 44.5. The quantitative estimate of drug-likeness (QED) is 0.518. The highest BCUT2D eigenvalue weighted by Crippen LogP contribution is 2.24. The van der Waals surface area contributed by atoms with Gasteiger partial charge in [-0.15, -0.1) is 0 Å². The van der Waals surface area contributed by atoms with Gasteiger partial charge in [-0.2, -0.15) is 13.2 Å². The summed E-state index contributed by atoms with van der Waals surface area (Å²) >= 11 is 0.